The molecular weight excluding hydrogens is 414 g/mol. The van der Waals surface area contributed by atoms with E-state index in [0.717, 1.165) is 18.6 Å². The molecule has 10 nitrogen and oxygen atoms in total. The molecule has 1 N–H and O–H groups in total. The molecule has 1 aliphatic rings. The van der Waals surface area contributed by atoms with Crippen LogP contribution in [0.2, 0.25) is 0 Å². The van der Waals surface area contributed by atoms with Gasteiger partial charge in [-0.2, -0.15) is 0 Å². The Balaban J connectivity index is 1.79. The fourth-order valence-electron chi connectivity index (χ4n) is 3.59. The van der Waals surface area contributed by atoms with Crippen LogP contribution in [0.1, 0.15) is 39.5 Å². The molecule has 0 bridgehead atoms. The van der Waals surface area contributed by atoms with Crippen molar-refractivity contribution in [2.45, 2.75) is 39.5 Å². The van der Waals surface area contributed by atoms with Crippen LogP contribution in [0, 0.1) is 16.0 Å². The van der Waals surface area contributed by atoms with Gasteiger partial charge in [0.15, 0.2) is 0 Å². The fourth-order valence-corrected chi connectivity index (χ4v) is 3.59. The summed E-state index contributed by atoms with van der Waals surface area (Å²) in [5.41, 5.74) is 0.420. The molecule has 0 radical (unpaired) electrons. The molecule has 32 heavy (non-hydrogen) atoms. The highest BCUT2D eigenvalue weighted by atomic mass is 16.6. The van der Waals surface area contributed by atoms with Crippen LogP contribution in [-0.4, -0.2) is 47.2 Å². The predicted molar refractivity (Wildman–Crippen MR) is 120 cm³/mol. The quantitative estimate of drug-likeness (QED) is 0.250. The minimum atomic E-state index is -0.492. The van der Waals surface area contributed by atoms with Crippen LogP contribution >= 0.6 is 0 Å². The van der Waals surface area contributed by atoms with Crippen molar-refractivity contribution in [3.63, 3.8) is 0 Å². The number of nitro groups is 1. The Labute approximate surface area is 187 Å². The second kappa shape index (κ2) is 11.3. The van der Waals surface area contributed by atoms with E-state index in [9.17, 15) is 14.9 Å². The Morgan fingerprint density at radius 2 is 2.06 bits per heavy atom. The summed E-state index contributed by atoms with van der Waals surface area (Å²) in [6, 6.07) is 7.18. The van der Waals surface area contributed by atoms with E-state index in [1.807, 2.05) is 0 Å². The van der Waals surface area contributed by atoms with E-state index in [1.54, 1.807) is 36.1 Å². The number of carbonyl (C=O) groups excluding carboxylic acids is 1. The van der Waals surface area contributed by atoms with Gasteiger partial charge in [-0.25, -0.2) is 9.97 Å². The highest BCUT2D eigenvalue weighted by molar-refractivity contribution is 5.77. The first-order valence-corrected chi connectivity index (χ1v) is 10.9. The summed E-state index contributed by atoms with van der Waals surface area (Å²) in [6.07, 6.45) is 4.72. The van der Waals surface area contributed by atoms with Crippen LogP contribution in [0.5, 0.6) is 5.75 Å². The third-order valence-corrected chi connectivity index (χ3v) is 5.21. The fraction of sp³-hybridized carbons (Fsp3) is 0.500. The first-order chi connectivity index (χ1) is 15.5. The molecule has 1 saturated heterocycles. The van der Waals surface area contributed by atoms with Gasteiger partial charge in [0.2, 0.25) is 11.6 Å². The van der Waals surface area contributed by atoms with Crippen molar-refractivity contribution < 1.29 is 19.2 Å². The number of nitrogens with zero attached hydrogens (tertiary/aromatic N) is 4. The van der Waals surface area contributed by atoms with Gasteiger partial charge >= 0.3 is 11.7 Å². The van der Waals surface area contributed by atoms with E-state index in [2.05, 4.69) is 22.2 Å². The standard InChI is InChI=1S/C22H29N5O5/c1-3-5-13-32-18-10-8-17(9-11-18)25-20-19(27(29)30)21(24-15-23-20)26-12-6-7-16(14-26)22(28)31-4-2/h8-11,15-16H,3-7,12-14H2,1-2H3,(H,23,24,25). The van der Waals surface area contributed by atoms with Gasteiger partial charge in [0.05, 0.1) is 24.1 Å². The van der Waals surface area contributed by atoms with Crippen molar-refractivity contribution in [3.8, 4) is 5.75 Å². The molecule has 0 saturated carbocycles. The molecule has 1 aromatic carbocycles. The van der Waals surface area contributed by atoms with E-state index < -0.39 is 4.92 Å². The zero-order valence-electron chi connectivity index (χ0n) is 18.5. The monoisotopic (exact) mass is 443 g/mol. The smallest absolute Gasteiger partial charge is 0.353 e. The van der Waals surface area contributed by atoms with Gasteiger partial charge in [-0.3, -0.25) is 14.9 Å². The Morgan fingerprint density at radius 3 is 2.75 bits per heavy atom. The minimum Gasteiger partial charge on any atom is -0.494 e. The molecule has 0 amide bonds. The summed E-state index contributed by atoms with van der Waals surface area (Å²) in [6.45, 7) is 5.69. The number of esters is 1. The number of hydrogen-bond donors (Lipinski definition) is 1. The van der Waals surface area contributed by atoms with E-state index >= 15 is 0 Å². The zero-order valence-corrected chi connectivity index (χ0v) is 18.5. The number of piperidine rings is 1. The molecule has 2 aromatic rings. The molecule has 10 heteroatoms. The van der Waals surface area contributed by atoms with Crippen LogP contribution in [0.25, 0.3) is 0 Å². The Hall–Kier alpha value is -3.43. The largest absolute Gasteiger partial charge is 0.494 e. The number of anilines is 3. The lowest BCUT2D eigenvalue weighted by Gasteiger charge is -2.32. The number of ether oxygens (including phenoxy) is 2. The minimum absolute atomic E-state index is 0.0953. The lowest BCUT2D eigenvalue weighted by Crippen LogP contribution is -2.40. The highest BCUT2D eigenvalue weighted by Crippen LogP contribution is 2.35. The van der Waals surface area contributed by atoms with Gasteiger partial charge in [0, 0.05) is 18.8 Å². The SMILES string of the molecule is CCCCOc1ccc(Nc2ncnc(N3CCCC(C(=O)OCC)C3)c2[N+](=O)[O-])cc1. The molecule has 1 unspecified atom stereocenters. The van der Waals surface area contributed by atoms with Crippen molar-refractivity contribution in [1.82, 2.24) is 9.97 Å². The number of benzene rings is 1. The Bertz CT molecular complexity index is 921. The highest BCUT2D eigenvalue weighted by Gasteiger charge is 2.33. The number of rotatable bonds is 10. The zero-order chi connectivity index (χ0) is 22.9. The normalized spacial score (nSPS) is 15.8. The van der Waals surface area contributed by atoms with Gasteiger partial charge in [-0.05, 0) is 50.5 Å². The van der Waals surface area contributed by atoms with Gasteiger partial charge in [0.25, 0.3) is 0 Å². The van der Waals surface area contributed by atoms with E-state index in [-0.39, 0.29) is 29.2 Å². The third kappa shape index (κ3) is 5.83. The van der Waals surface area contributed by atoms with Crippen LogP contribution in [0.3, 0.4) is 0 Å². The lowest BCUT2D eigenvalue weighted by atomic mass is 9.98. The molecule has 1 atom stereocenters. The van der Waals surface area contributed by atoms with Gasteiger partial charge in [-0.1, -0.05) is 13.3 Å². The average Bonchev–Trinajstić information content (AvgIpc) is 2.80. The van der Waals surface area contributed by atoms with Crippen LogP contribution in [0.15, 0.2) is 30.6 Å². The maximum Gasteiger partial charge on any atom is 0.353 e. The summed E-state index contributed by atoms with van der Waals surface area (Å²) >= 11 is 0. The lowest BCUT2D eigenvalue weighted by molar-refractivity contribution is -0.383. The Kier molecular flexibility index (Phi) is 8.18. The van der Waals surface area contributed by atoms with Crippen molar-refractivity contribution in [1.29, 1.82) is 0 Å². The molecule has 3 rings (SSSR count). The van der Waals surface area contributed by atoms with Gasteiger partial charge in [0.1, 0.15) is 12.1 Å². The molecule has 2 heterocycles. The van der Waals surface area contributed by atoms with Crippen LogP contribution in [0.4, 0.5) is 23.0 Å². The molecule has 0 aliphatic carbocycles. The summed E-state index contributed by atoms with van der Waals surface area (Å²) in [5, 5.41) is 15.0. The van der Waals surface area contributed by atoms with Gasteiger partial charge < -0.3 is 19.7 Å². The first-order valence-electron chi connectivity index (χ1n) is 10.9. The second-order valence-electron chi connectivity index (χ2n) is 7.54. The topological polar surface area (TPSA) is 120 Å². The van der Waals surface area contributed by atoms with Crippen molar-refractivity contribution in [3.05, 3.63) is 40.7 Å². The van der Waals surface area contributed by atoms with E-state index in [4.69, 9.17) is 9.47 Å². The van der Waals surface area contributed by atoms with Crippen molar-refractivity contribution in [2.24, 2.45) is 5.92 Å². The first kappa shape index (κ1) is 23.2. The summed E-state index contributed by atoms with van der Waals surface area (Å²) < 4.78 is 10.8. The number of hydrogen-bond acceptors (Lipinski definition) is 9. The molecule has 1 fully saturated rings. The summed E-state index contributed by atoms with van der Waals surface area (Å²) in [4.78, 5) is 33.7. The second-order valence-corrected chi connectivity index (χ2v) is 7.54. The number of nitrogens with one attached hydrogen (secondary N) is 1. The third-order valence-electron chi connectivity index (χ3n) is 5.21. The molecule has 0 spiro atoms. The number of unbranched alkanes of at least 4 members (excludes halogenated alkanes) is 1. The van der Waals surface area contributed by atoms with Crippen LogP contribution < -0.4 is 15.0 Å². The molecule has 1 aromatic heterocycles. The molecule has 172 valence electrons. The van der Waals surface area contributed by atoms with Crippen molar-refractivity contribution >= 4 is 29.0 Å². The Morgan fingerprint density at radius 1 is 1.28 bits per heavy atom. The van der Waals surface area contributed by atoms with Crippen molar-refractivity contribution in [2.75, 3.05) is 36.5 Å². The maximum absolute atomic E-state index is 12.2. The summed E-state index contributed by atoms with van der Waals surface area (Å²) in [5.74, 6) is 0.405. The van der Waals surface area contributed by atoms with E-state index in [0.29, 0.717) is 44.8 Å². The number of aromatic nitrogens is 2. The molecule has 1 aliphatic heterocycles. The maximum atomic E-state index is 12.2. The predicted octanol–water partition coefficient (Wildman–Crippen LogP) is 4.09. The average molecular weight is 444 g/mol. The van der Waals surface area contributed by atoms with Crippen LogP contribution in [-0.2, 0) is 9.53 Å². The molecular formula is C22H29N5O5. The number of carbonyl (C=O) groups is 1. The summed E-state index contributed by atoms with van der Waals surface area (Å²) in [7, 11) is 0. The van der Waals surface area contributed by atoms with E-state index in [1.165, 1.54) is 6.33 Å². The van der Waals surface area contributed by atoms with Gasteiger partial charge in [-0.15, -0.1) is 0 Å².